The van der Waals surface area contributed by atoms with Crippen molar-refractivity contribution in [3.05, 3.63) is 0 Å². The Morgan fingerprint density at radius 2 is 1.50 bits per heavy atom. The van der Waals surface area contributed by atoms with Gasteiger partial charge < -0.3 is 14.9 Å². The van der Waals surface area contributed by atoms with E-state index in [2.05, 4.69) is 6.92 Å². The third-order valence-electron chi connectivity index (χ3n) is 2.29. The summed E-state index contributed by atoms with van der Waals surface area (Å²) in [5.74, 6) is -1.91. The van der Waals surface area contributed by atoms with E-state index in [0.717, 1.165) is 12.8 Å². The van der Waals surface area contributed by atoms with Gasteiger partial charge in [0.15, 0.2) is 0 Å². The summed E-state index contributed by atoms with van der Waals surface area (Å²) in [6.45, 7) is 4.31. The van der Waals surface area contributed by atoms with Crippen molar-refractivity contribution in [3.63, 3.8) is 0 Å². The van der Waals surface area contributed by atoms with Crippen LogP contribution in [0, 0.1) is 0 Å². The number of hydrogen-bond acceptors (Lipinski definition) is 3. The highest BCUT2D eigenvalue weighted by Crippen LogP contribution is 2.09. The minimum absolute atomic E-state index is 0.211. The first-order valence-electron chi connectivity index (χ1n) is 5.71. The van der Waals surface area contributed by atoms with E-state index in [-0.39, 0.29) is 6.42 Å². The number of aliphatic hydroxyl groups is 2. The smallest absolute Gasteiger partial charge is 0.277 e. The largest absolute Gasteiger partial charge is 0.343 e. The average molecular weight is 204 g/mol. The molecule has 0 spiro atoms. The Morgan fingerprint density at radius 1 is 0.929 bits per heavy atom. The fourth-order valence-electron chi connectivity index (χ4n) is 1.22. The Bertz CT molecular complexity index is 124. The Hall–Kier alpha value is -0.120. The number of rotatable bonds is 9. The summed E-state index contributed by atoms with van der Waals surface area (Å²) in [5.41, 5.74) is 0. The Kier molecular flexibility index (Phi) is 8.14. The van der Waals surface area contributed by atoms with Gasteiger partial charge in [-0.1, -0.05) is 46.0 Å². The van der Waals surface area contributed by atoms with E-state index in [1.54, 1.807) is 6.92 Å². The molecule has 0 saturated carbocycles. The molecule has 3 nitrogen and oxygen atoms in total. The summed E-state index contributed by atoms with van der Waals surface area (Å²) in [6.07, 6.45) is 7.26. The lowest BCUT2D eigenvalue weighted by Crippen LogP contribution is -2.31. The van der Waals surface area contributed by atoms with Crippen molar-refractivity contribution >= 4 is 0 Å². The SMILES string of the molecule is CCCCCCCCOC(O)(O)CC. The van der Waals surface area contributed by atoms with Gasteiger partial charge in [-0.05, 0) is 6.42 Å². The first-order valence-corrected chi connectivity index (χ1v) is 5.71. The van der Waals surface area contributed by atoms with Crippen LogP contribution >= 0.6 is 0 Å². The van der Waals surface area contributed by atoms with E-state index >= 15 is 0 Å². The van der Waals surface area contributed by atoms with Crippen LogP contribution in [-0.4, -0.2) is 22.8 Å². The predicted octanol–water partition coefficient (Wildman–Crippen LogP) is 2.41. The molecule has 0 aliphatic carbocycles. The summed E-state index contributed by atoms with van der Waals surface area (Å²) in [4.78, 5) is 0. The van der Waals surface area contributed by atoms with Crippen LogP contribution in [0.3, 0.4) is 0 Å². The van der Waals surface area contributed by atoms with Crippen molar-refractivity contribution in [2.45, 2.75) is 64.8 Å². The minimum atomic E-state index is -1.91. The molecule has 0 bridgehead atoms. The Morgan fingerprint density at radius 3 is 2.07 bits per heavy atom. The molecule has 0 fully saturated rings. The highest BCUT2D eigenvalue weighted by atomic mass is 16.8. The lowest BCUT2D eigenvalue weighted by Gasteiger charge is -2.19. The maximum Gasteiger partial charge on any atom is 0.277 e. The fraction of sp³-hybridized carbons (Fsp3) is 1.00. The minimum Gasteiger partial charge on any atom is -0.343 e. The van der Waals surface area contributed by atoms with Crippen molar-refractivity contribution < 1.29 is 14.9 Å². The van der Waals surface area contributed by atoms with Crippen LogP contribution in [0.5, 0.6) is 0 Å². The Labute approximate surface area is 87.1 Å². The molecule has 0 unspecified atom stereocenters. The predicted molar refractivity (Wildman–Crippen MR) is 56.8 cm³/mol. The van der Waals surface area contributed by atoms with Crippen LogP contribution in [-0.2, 0) is 4.74 Å². The van der Waals surface area contributed by atoms with Gasteiger partial charge in [0.25, 0.3) is 5.97 Å². The van der Waals surface area contributed by atoms with Gasteiger partial charge in [-0.25, -0.2) is 0 Å². The van der Waals surface area contributed by atoms with Gasteiger partial charge in [0.2, 0.25) is 0 Å². The molecule has 86 valence electrons. The van der Waals surface area contributed by atoms with Gasteiger partial charge in [-0.2, -0.15) is 0 Å². The third-order valence-corrected chi connectivity index (χ3v) is 2.29. The molecule has 0 rings (SSSR count). The monoisotopic (exact) mass is 204 g/mol. The van der Waals surface area contributed by atoms with Crippen molar-refractivity contribution in [3.8, 4) is 0 Å². The molecule has 0 radical (unpaired) electrons. The molecule has 0 heterocycles. The number of hydrogen-bond donors (Lipinski definition) is 2. The second kappa shape index (κ2) is 8.21. The maximum atomic E-state index is 9.10. The average Bonchev–Trinajstić information content (AvgIpc) is 2.16. The van der Waals surface area contributed by atoms with Gasteiger partial charge >= 0.3 is 0 Å². The molecule has 3 heteroatoms. The number of ether oxygens (including phenoxy) is 1. The molecule has 0 amide bonds. The van der Waals surface area contributed by atoms with Crippen molar-refractivity contribution in [1.82, 2.24) is 0 Å². The van der Waals surface area contributed by atoms with Gasteiger partial charge in [0, 0.05) is 6.42 Å². The first-order chi connectivity index (χ1) is 6.62. The molecule has 0 aliphatic heterocycles. The van der Waals surface area contributed by atoms with Crippen molar-refractivity contribution in [2.75, 3.05) is 6.61 Å². The summed E-state index contributed by atoms with van der Waals surface area (Å²) < 4.78 is 4.90. The zero-order valence-electron chi connectivity index (χ0n) is 9.46. The van der Waals surface area contributed by atoms with E-state index in [9.17, 15) is 0 Å². The van der Waals surface area contributed by atoms with Crippen molar-refractivity contribution in [2.24, 2.45) is 0 Å². The van der Waals surface area contributed by atoms with E-state index in [4.69, 9.17) is 14.9 Å². The molecular weight excluding hydrogens is 180 g/mol. The highest BCUT2D eigenvalue weighted by molar-refractivity contribution is 4.47. The second-order valence-electron chi connectivity index (χ2n) is 3.71. The van der Waals surface area contributed by atoms with Crippen LogP contribution in [0.25, 0.3) is 0 Å². The quantitative estimate of drug-likeness (QED) is 0.448. The lowest BCUT2D eigenvalue weighted by atomic mass is 10.1. The van der Waals surface area contributed by atoms with Gasteiger partial charge in [0.1, 0.15) is 0 Å². The van der Waals surface area contributed by atoms with Gasteiger partial charge in [-0.15, -0.1) is 0 Å². The van der Waals surface area contributed by atoms with E-state index in [1.807, 2.05) is 0 Å². The zero-order chi connectivity index (χ0) is 10.9. The summed E-state index contributed by atoms with van der Waals surface area (Å²) in [7, 11) is 0. The second-order valence-corrected chi connectivity index (χ2v) is 3.71. The molecule has 2 N–H and O–H groups in total. The Balaban J connectivity index is 3.13. The molecule has 14 heavy (non-hydrogen) atoms. The summed E-state index contributed by atoms with van der Waals surface area (Å²) >= 11 is 0. The summed E-state index contributed by atoms with van der Waals surface area (Å²) in [5, 5.41) is 18.2. The van der Waals surface area contributed by atoms with Crippen LogP contribution in [0.4, 0.5) is 0 Å². The topological polar surface area (TPSA) is 49.7 Å². The molecule has 0 aromatic rings. The van der Waals surface area contributed by atoms with Crippen LogP contribution in [0.1, 0.15) is 58.8 Å². The van der Waals surface area contributed by atoms with Crippen LogP contribution in [0.2, 0.25) is 0 Å². The maximum absolute atomic E-state index is 9.10. The van der Waals surface area contributed by atoms with E-state index < -0.39 is 5.97 Å². The molecule has 0 aliphatic rings. The molecule has 0 saturated heterocycles. The van der Waals surface area contributed by atoms with Crippen molar-refractivity contribution in [1.29, 1.82) is 0 Å². The lowest BCUT2D eigenvalue weighted by molar-refractivity contribution is -0.338. The molecule has 0 atom stereocenters. The normalized spacial score (nSPS) is 12.0. The third kappa shape index (κ3) is 8.48. The van der Waals surface area contributed by atoms with Crippen LogP contribution < -0.4 is 0 Å². The van der Waals surface area contributed by atoms with E-state index in [0.29, 0.717) is 6.61 Å². The highest BCUT2D eigenvalue weighted by Gasteiger charge is 2.19. The summed E-state index contributed by atoms with van der Waals surface area (Å²) in [6, 6.07) is 0. The van der Waals surface area contributed by atoms with E-state index in [1.165, 1.54) is 25.7 Å². The molecular formula is C11H24O3. The van der Waals surface area contributed by atoms with Gasteiger partial charge in [-0.3, -0.25) is 0 Å². The fourth-order valence-corrected chi connectivity index (χ4v) is 1.22. The number of unbranched alkanes of at least 4 members (excludes halogenated alkanes) is 5. The first kappa shape index (κ1) is 13.9. The van der Waals surface area contributed by atoms with Crippen LogP contribution in [0.15, 0.2) is 0 Å². The molecule has 0 aromatic carbocycles. The molecule has 0 aromatic heterocycles. The van der Waals surface area contributed by atoms with Gasteiger partial charge in [0.05, 0.1) is 6.61 Å². The standard InChI is InChI=1S/C11H24O3/c1-3-5-6-7-8-9-10-14-11(12,13)4-2/h12-13H,3-10H2,1-2H3. The zero-order valence-corrected chi connectivity index (χ0v) is 9.46.